The lowest BCUT2D eigenvalue weighted by Crippen LogP contribution is -2.03. The van der Waals surface area contributed by atoms with Gasteiger partial charge in [-0.1, -0.05) is 92.9 Å². The highest BCUT2D eigenvalue weighted by molar-refractivity contribution is 5.88. The number of alkyl halides is 3. The zero-order chi connectivity index (χ0) is 22.6. The van der Waals surface area contributed by atoms with E-state index in [9.17, 15) is 13.2 Å². The number of hydrogen-bond donors (Lipinski definition) is 0. The average molecular weight is 433 g/mol. The van der Waals surface area contributed by atoms with Crippen LogP contribution in [0.3, 0.4) is 0 Å². The molecule has 4 aromatic rings. The van der Waals surface area contributed by atoms with Crippen LogP contribution in [0.25, 0.3) is 33.0 Å². The first-order valence-electron chi connectivity index (χ1n) is 11.2. The Labute approximate surface area is 187 Å². The molecule has 0 fully saturated rings. The zero-order valence-electron chi connectivity index (χ0n) is 18.3. The van der Waals surface area contributed by atoms with Crippen molar-refractivity contribution in [3.8, 4) is 22.3 Å². The summed E-state index contributed by atoms with van der Waals surface area (Å²) in [5.74, 6) is 0. The van der Waals surface area contributed by atoms with Crippen LogP contribution in [0.5, 0.6) is 0 Å². The standard InChI is InChI=1S/C29H27F3/c1-2-3-4-5-6-21-7-8-27-20-26(14-13-25(27)19-21)24-11-9-22(10-12-24)23-15-17-28(18-16-23)29(30,31)32/h7-20H,2-6H2,1H3. The fraction of sp³-hybridized carbons (Fsp3) is 0.241. The summed E-state index contributed by atoms with van der Waals surface area (Å²) in [6.45, 7) is 2.23. The lowest BCUT2D eigenvalue weighted by atomic mass is 9.96. The number of halogens is 3. The van der Waals surface area contributed by atoms with Crippen LogP contribution in [0.15, 0.2) is 84.9 Å². The Morgan fingerprint density at radius 3 is 1.72 bits per heavy atom. The predicted octanol–water partition coefficient (Wildman–Crippen LogP) is 9.32. The molecule has 0 heterocycles. The van der Waals surface area contributed by atoms with E-state index in [0.717, 1.165) is 40.8 Å². The molecule has 0 atom stereocenters. The summed E-state index contributed by atoms with van der Waals surface area (Å²) in [6, 6.07) is 26.5. The van der Waals surface area contributed by atoms with Gasteiger partial charge in [0.2, 0.25) is 0 Å². The van der Waals surface area contributed by atoms with Gasteiger partial charge in [-0.25, -0.2) is 0 Å². The first kappa shape index (κ1) is 22.1. The van der Waals surface area contributed by atoms with Crippen molar-refractivity contribution in [3.63, 3.8) is 0 Å². The molecule has 4 rings (SSSR count). The van der Waals surface area contributed by atoms with Gasteiger partial charge >= 0.3 is 6.18 Å². The van der Waals surface area contributed by atoms with Gasteiger partial charge in [0.05, 0.1) is 5.56 Å². The zero-order valence-corrected chi connectivity index (χ0v) is 18.3. The van der Waals surface area contributed by atoms with Crippen molar-refractivity contribution in [2.75, 3.05) is 0 Å². The van der Waals surface area contributed by atoms with Crippen LogP contribution in [0.2, 0.25) is 0 Å². The molecule has 164 valence electrons. The molecule has 4 aromatic carbocycles. The molecule has 0 N–H and O–H groups in total. The SMILES string of the molecule is CCCCCCc1ccc2cc(-c3ccc(-c4ccc(C(F)(F)F)cc4)cc3)ccc2c1. The number of aryl methyl sites for hydroxylation is 1. The van der Waals surface area contributed by atoms with E-state index in [1.807, 2.05) is 24.3 Å². The first-order valence-corrected chi connectivity index (χ1v) is 11.2. The topological polar surface area (TPSA) is 0 Å². The van der Waals surface area contributed by atoms with E-state index in [1.165, 1.54) is 54.2 Å². The molecule has 0 amide bonds. The van der Waals surface area contributed by atoms with Gasteiger partial charge in [0.15, 0.2) is 0 Å². The molecule has 0 spiro atoms. The Kier molecular flexibility index (Phi) is 6.64. The minimum atomic E-state index is -4.31. The Morgan fingerprint density at radius 2 is 1.09 bits per heavy atom. The van der Waals surface area contributed by atoms with Crippen molar-refractivity contribution in [3.05, 3.63) is 96.1 Å². The third kappa shape index (κ3) is 5.21. The lowest BCUT2D eigenvalue weighted by Gasteiger charge is -2.09. The van der Waals surface area contributed by atoms with Gasteiger partial charge in [0.25, 0.3) is 0 Å². The van der Waals surface area contributed by atoms with E-state index in [4.69, 9.17) is 0 Å². The molecule has 0 saturated heterocycles. The summed E-state index contributed by atoms with van der Waals surface area (Å²) in [7, 11) is 0. The maximum Gasteiger partial charge on any atom is 0.416 e. The van der Waals surface area contributed by atoms with Crippen molar-refractivity contribution in [2.24, 2.45) is 0 Å². The van der Waals surface area contributed by atoms with E-state index in [2.05, 4.69) is 43.3 Å². The van der Waals surface area contributed by atoms with Gasteiger partial charge in [-0.3, -0.25) is 0 Å². The maximum atomic E-state index is 12.8. The highest BCUT2D eigenvalue weighted by atomic mass is 19.4. The van der Waals surface area contributed by atoms with Gasteiger partial charge in [-0.2, -0.15) is 13.2 Å². The molecule has 0 nitrogen and oxygen atoms in total. The molecule has 0 bridgehead atoms. The molecule has 0 aliphatic heterocycles. The third-order valence-corrected chi connectivity index (χ3v) is 5.99. The Morgan fingerprint density at radius 1 is 0.562 bits per heavy atom. The van der Waals surface area contributed by atoms with Crippen LogP contribution >= 0.6 is 0 Å². The van der Waals surface area contributed by atoms with Crippen molar-refractivity contribution >= 4 is 10.8 Å². The fourth-order valence-electron chi connectivity index (χ4n) is 4.09. The molecule has 0 aliphatic rings. The summed E-state index contributed by atoms with van der Waals surface area (Å²) >= 11 is 0. The molecule has 0 saturated carbocycles. The van der Waals surface area contributed by atoms with Crippen LogP contribution in [0.1, 0.15) is 43.7 Å². The molecule has 0 aliphatic carbocycles. The summed E-state index contributed by atoms with van der Waals surface area (Å²) in [5, 5.41) is 2.47. The van der Waals surface area contributed by atoms with Gasteiger partial charge < -0.3 is 0 Å². The lowest BCUT2D eigenvalue weighted by molar-refractivity contribution is -0.137. The van der Waals surface area contributed by atoms with Crippen LogP contribution in [0, 0.1) is 0 Å². The average Bonchev–Trinajstić information content (AvgIpc) is 2.81. The Balaban J connectivity index is 1.50. The molecule has 0 unspecified atom stereocenters. The van der Waals surface area contributed by atoms with E-state index < -0.39 is 11.7 Å². The van der Waals surface area contributed by atoms with E-state index in [0.29, 0.717) is 0 Å². The molecular weight excluding hydrogens is 405 g/mol. The predicted molar refractivity (Wildman–Crippen MR) is 128 cm³/mol. The van der Waals surface area contributed by atoms with Gasteiger partial charge in [-0.05, 0) is 69.6 Å². The monoisotopic (exact) mass is 432 g/mol. The Hall–Kier alpha value is -3.07. The maximum absolute atomic E-state index is 12.8. The summed E-state index contributed by atoms with van der Waals surface area (Å²) < 4.78 is 38.3. The number of rotatable bonds is 7. The minimum absolute atomic E-state index is 0.627. The molecular formula is C29H27F3. The molecule has 0 radical (unpaired) electrons. The summed E-state index contributed by atoms with van der Waals surface area (Å²) in [6.07, 6.45) is 1.90. The smallest absolute Gasteiger partial charge is 0.166 e. The van der Waals surface area contributed by atoms with Gasteiger partial charge in [0.1, 0.15) is 0 Å². The van der Waals surface area contributed by atoms with Crippen molar-refractivity contribution in [2.45, 2.75) is 45.2 Å². The fourth-order valence-corrected chi connectivity index (χ4v) is 4.09. The Bertz CT molecular complexity index is 1170. The van der Waals surface area contributed by atoms with Gasteiger partial charge in [0, 0.05) is 0 Å². The molecule has 0 aromatic heterocycles. The third-order valence-electron chi connectivity index (χ3n) is 5.99. The molecule has 32 heavy (non-hydrogen) atoms. The number of benzene rings is 4. The van der Waals surface area contributed by atoms with Crippen molar-refractivity contribution in [1.29, 1.82) is 0 Å². The second kappa shape index (κ2) is 9.60. The van der Waals surface area contributed by atoms with Crippen molar-refractivity contribution < 1.29 is 13.2 Å². The highest BCUT2D eigenvalue weighted by Gasteiger charge is 2.29. The number of fused-ring (bicyclic) bond motifs is 1. The first-order chi connectivity index (χ1) is 15.4. The largest absolute Gasteiger partial charge is 0.416 e. The van der Waals surface area contributed by atoms with Crippen LogP contribution in [-0.4, -0.2) is 0 Å². The second-order valence-electron chi connectivity index (χ2n) is 8.36. The summed E-state index contributed by atoms with van der Waals surface area (Å²) in [5.41, 5.74) is 4.66. The quantitative estimate of drug-likeness (QED) is 0.255. The number of hydrogen-bond acceptors (Lipinski definition) is 0. The number of unbranched alkanes of at least 4 members (excludes halogenated alkanes) is 3. The van der Waals surface area contributed by atoms with E-state index in [1.54, 1.807) is 0 Å². The highest BCUT2D eigenvalue weighted by Crippen LogP contribution is 2.32. The van der Waals surface area contributed by atoms with Crippen LogP contribution in [-0.2, 0) is 12.6 Å². The van der Waals surface area contributed by atoms with E-state index >= 15 is 0 Å². The molecule has 3 heteroatoms. The minimum Gasteiger partial charge on any atom is -0.166 e. The van der Waals surface area contributed by atoms with Gasteiger partial charge in [-0.15, -0.1) is 0 Å². The van der Waals surface area contributed by atoms with Crippen molar-refractivity contribution in [1.82, 2.24) is 0 Å². The van der Waals surface area contributed by atoms with Crippen LogP contribution in [0.4, 0.5) is 13.2 Å². The van der Waals surface area contributed by atoms with Crippen LogP contribution < -0.4 is 0 Å². The second-order valence-corrected chi connectivity index (χ2v) is 8.36. The normalized spacial score (nSPS) is 11.8. The summed E-state index contributed by atoms with van der Waals surface area (Å²) in [4.78, 5) is 0. The van der Waals surface area contributed by atoms with E-state index in [-0.39, 0.29) is 0 Å².